The van der Waals surface area contributed by atoms with Crippen molar-refractivity contribution >= 4 is 39.9 Å². The maximum Gasteiger partial charge on any atom is 0.257 e. The fraction of sp³-hybridized carbons (Fsp3) is 0.333. The first kappa shape index (κ1) is 20.8. The third kappa shape index (κ3) is 4.50. The molecule has 7 heteroatoms. The molecule has 1 aliphatic rings. The highest BCUT2D eigenvalue weighted by Gasteiger charge is 2.27. The number of hydrogen-bond acceptors (Lipinski definition) is 5. The maximum atomic E-state index is 13.5. The molecular formula is C24H27N5O2. The van der Waals surface area contributed by atoms with Gasteiger partial charge in [0.25, 0.3) is 5.91 Å². The molecule has 0 saturated carbocycles. The molecule has 3 aromatic rings. The van der Waals surface area contributed by atoms with E-state index in [-0.39, 0.29) is 17.9 Å². The Morgan fingerprint density at radius 1 is 1.13 bits per heavy atom. The number of piperidine rings is 1. The molecule has 0 radical (unpaired) electrons. The summed E-state index contributed by atoms with van der Waals surface area (Å²) in [7, 11) is 0. The number of amides is 2. The van der Waals surface area contributed by atoms with Crippen molar-refractivity contribution < 1.29 is 9.59 Å². The van der Waals surface area contributed by atoms with Gasteiger partial charge in [-0.15, -0.1) is 0 Å². The number of carbonyl (C=O) groups excluding carboxylic acids is 2. The standard InChI is InChI=1S/C24H27N5O2/c1-15-10-11-20-22(28-19-9-6-8-18(13-19)27-17(3)30)21(14-25-23(20)26-15)24(31)29-12-5-4-7-16(29)2/h6,8-11,13-14,16H,4-5,7,12H2,1-3H3,(H,27,30)(H,25,26,28)/t16-/m1/s1. The van der Waals surface area contributed by atoms with Gasteiger partial charge < -0.3 is 15.5 Å². The maximum absolute atomic E-state index is 13.5. The average Bonchev–Trinajstić information content (AvgIpc) is 2.73. The van der Waals surface area contributed by atoms with Gasteiger partial charge in [-0.2, -0.15) is 0 Å². The second-order valence-electron chi connectivity index (χ2n) is 8.10. The number of aromatic nitrogens is 2. The Balaban J connectivity index is 1.78. The summed E-state index contributed by atoms with van der Waals surface area (Å²) in [6.45, 7) is 6.24. The lowest BCUT2D eigenvalue weighted by Gasteiger charge is -2.34. The van der Waals surface area contributed by atoms with Gasteiger partial charge in [0, 0.05) is 48.2 Å². The molecule has 3 heterocycles. The molecule has 1 atom stereocenters. The van der Waals surface area contributed by atoms with Crippen molar-refractivity contribution in [2.75, 3.05) is 17.2 Å². The lowest BCUT2D eigenvalue weighted by Crippen LogP contribution is -2.42. The molecule has 160 valence electrons. The lowest BCUT2D eigenvalue weighted by atomic mass is 10.0. The Morgan fingerprint density at radius 2 is 1.94 bits per heavy atom. The van der Waals surface area contributed by atoms with Crippen LogP contribution < -0.4 is 10.6 Å². The summed E-state index contributed by atoms with van der Waals surface area (Å²) in [5.41, 5.74) is 4.10. The molecule has 0 unspecified atom stereocenters. The molecule has 4 rings (SSSR count). The third-order valence-corrected chi connectivity index (χ3v) is 5.62. The number of benzene rings is 1. The van der Waals surface area contributed by atoms with Crippen LogP contribution in [0.25, 0.3) is 11.0 Å². The fourth-order valence-electron chi connectivity index (χ4n) is 4.05. The van der Waals surface area contributed by atoms with E-state index in [1.165, 1.54) is 6.92 Å². The van der Waals surface area contributed by atoms with E-state index < -0.39 is 0 Å². The van der Waals surface area contributed by atoms with Crippen molar-refractivity contribution in [3.8, 4) is 0 Å². The third-order valence-electron chi connectivity index (χ3n) is 5.62. The van der Waals surface area contributed by atoms with Gasteiger partial charge in [-0.25, -0.2) is 9.97 Å². The molecule has 1 aliphatic heterocycles. The number of pyridine rings is 2. The van der Waals surface area contributed by atoms with Crippen LogP contribution in [0.4, 0.5) is 17.1 Å². The predicted octanol–water partition coefficient (Wildman–Crippen LogP) is 4.65. The minimum Gasteiger partial charge on any atom is -0.354 e. The van der Waals surface area contributed by atoms with Crippen LogP contribution in [0.2, 0.25) is 0 Å². The first-order valence-electron chi connectivity index (χ1n) is 10.6. The zero-order valence-corrected chi connectivity index (χ0v) is 18.1. The quantitative estimate of drug-likeness (QED) is 0.645. The summed E-state index contributed by atoms with van der Waals surface area (Å²) in [5.74, 6) is -0.163. The highest BCUT2D eigenvalue weighted by atomic mass is 16.2. The molecule has 0 aliphatic carbocycles. The van der Waals surface area contributed by atoms with E-state index in [2.05, 4.69) is 27.5 Å². The van der Waals surface area contributed by atoms with E-state index in [1.54, 1.807) is 6.20 Å². The molecule has 31 heavy (non-hydrogen) atoms. The Labute approximate surface area is 181 Å². The molecule has 0 bridgehead atoms. The zero-order chi connectivity index (χ0) is 22.0. The van der Waals surface area contributed by atoms with Gasteiger partial charge in [-0.05, 0) is 63.4 Å². The molecule has 7 nitrogen and oxygen atoms in total. The highest BCUT2D eigenvalue weighted by Crippen LogP contribution is 2.31. The highest BCUT2D eigenvalue weighted by molar-refractivity contribution is 6.07. The van der Waals surface area contributed by atoms with Crippen LogP contribution in [0.5, 0.6) is 0 Å². The largest absolute Gasteiger partial charge is 0.354 e. The first-order valence-corrected chi connectivity index (χ1v) is 10.6. The molecule has 1 saturated heterocycles. The minimum atomic E-state index is -0.138. The number of likely N-dealkylation sites (tertiary alicyclic amines) is 1. The topological polar surface area (TPSA) is 87.2 Å². The van der Waals surface area contributed by atoms with E-state index in [4.69, 9.17) is 0 Å². The average molecular weight is 418 g/mol. The first-order chi connectivity index (χ1) is 14.9. The predicted molar refractivity (Wildman–Crippen MR) is 123 cm³/mol. The van der Waals surface area contributed by atoms with Crippen LogP contribution in [0.1, 0.15) is 49.2 Å². The molecular weight excluding hydrogens is 390 g/mol. The Hall–Kier alpha value is -3.48. The van der Waals surface area contributed by atoms with Crippen molar-refractivity contribution in [2.45, 2.75) is 46.1 Å². The number of carbonyl (C=O) groups is 2. The van der Waals surface area contributed by atoms with Gasteiger partial charge in [0.1, 0.15) is 0 Å². The second kappa shape index (κ2) is 8.71. The number of fused-ring (bicyclic) bond motifs is 1. The van der Waals surface area contributed by atoms with E-state index in [0.29, 0.717) is 22.6 Å². The van der Waals surface area contributed by atoms with Crippen LogP contribution in [-0.2, 0) is 4.79 Å². The number of rotatable bonds is 4. The van der Waals surface area contributed by atoms with Gasteiger partial charge in [0.2, 0.25) is 5.91 Å². The van der Waals surface area contributed by atoms with E-state index in [9.17, 15) is 9.59 Å². The van der Waals surface area contributed by atoms with Gasteiger partial charge in [-0.3, -0.25) is 9.59 Å². The number of anilines is 3. The van der Waals surface area contributed by atoms with Crippen LogP contribution >= 0.6 is 0 Å². The number of aryl methyl sites for hydroxylation is 1. The zero-order valence-electron chi connectivity index (χ0n) is 18.1. The monoisotopic (exact) mass is 417 g/mol. The molecule has 0 spiro atoms. The summed E-state index contributed by atoms with van der Waals surface area (Å²) in [4.78, 5) is 35.9. The van der Waals surface area contributed by atoms with Crippen molar-refractivity contribution in [3.05, 3.63) is 53.9 Å². The van der Waals surface area contributed by atoms with Gasteiger partial charge >= 0.3 is 0 Å². The summed E-state index contributed by atoms with van der Waals surface area (Å²) < 4.78 is 0. The Bertz CT molecular complexity index is 1140. The summed E-state index contributed by atoms with van der Waals surface area (Å²) in [5, 5.41) is 6.98. The Morgan fingerprint density at radius 3 is 2.71 bits per heavy atom. The van der Waals surface area contributed by atoms with Crippen LogP contribution in [0.3, 0.4) is 0 Å². The van der Waals surface area contributed by atoms with Crippen molar-refractivity contribution in [1.29, 1.82) is 0 Å². The van der Waals surface area contributed by atoms with Crippen molar-refractivity contribution in [2.24, 2.45) is 0 Å². The number of hydrogen-bond donors (Lipinski definition) is 2. The number of nitrogens with zero attached hydrogens (tertiary/aromatic N) is 3. The minimum absolute atomic E-state index is 0.0253. The lowest BCUT2D eigenvalue weighted by molar-refractivity contribution is -0.114. The summed E-state index contributed by atoms with van der Waals surface area (Å²) in [6.07, 6.45) is 4.79. The van der Waals surface area contributed by atoms with Crippen molar-refractivity contribution in [1.82, 2.24) is 14.9 Å². The molecule has 1 fully saturated rings. The summed E-state index contributed by atoms with van der Waals surface area (Å²) >= 11 is 0. The second-order valence-corrected chi connectivity index (χ2v) is 8.10. The fourth-order valence-corrected chi connectivity index (χ4v) is 4.05. The van der Waals surface area contributed by atoms with E-state index in [1.807, 2.05) is 48.2 Å². The molecule has 1 aromatic carbocycles. The SMILES string of the molecule is CC(=O)Nc1cccc(Nc2c(C(=O)N3CCCC[C@H]3C)cnc3nc(C)ccc23)c1. The van der Waals surface area contributed by atoms with E-state index in [0.717, 1.165) is 42.6 Å². The molecule has 2 aromatic heterocycles. The van der Waals surface area contributed by atoms with Crippen molar-refractivity contribution in [3.63, 3.8) is 0 Å². The van der Waals surface area contributed by atoms with Gasteiger partial charge in [0.15, 0.2) is 5.65 Å². The van der Waals surface area contributed by atoms with Gasteiger partial charge in [-0.1, -0.05) is 6.07 Å². The molecule has 2 N–H and O–H groups in total. The molecule has 2 amide bonds. The summed E-state index contributed by atoms with van der Waals surface area (Å²) in [6, 6.07) is 11.5. The smallest absolute Gasteiger partial charge is 0.257 e. The van der Waals surface area contributed by atoms with Gasteiger partial charge in [0.05, 0.1) is 11.3 Å². The van der Waals surface area contributed by atoms with Crippen LogP contribution in [-0.4, -0.2) is 39.3 Å². The normalized spacial score (nSPS) is 16.2. The van der Waals surface area contributed by atoms with E-state index >= 15 is 0 Å². The Kier molecular flexibility index (Phi) is 5.84. The van der Waals surface area contributed by atoms with Crippen LogP contribution in [0.15, 0.2) is 42.6 Å². The van der Waals surface area contributed by atoms with Crippen LogP contribution in [0, 0.1) is 6.92 Å². The number of nitrogens with one attached hydrogen (secondary N) is 2.